The van der Waals surface area contributed by atoms with Gasteiger partial charge in [0.05, 0.1) is 5.92 Å². The molecule has 0 saturated heterocycles. The van der Waals surface area contributed by atoms with Crippen LogP contribution in [0, 0.1) is 11.7 Å². The van der Waals surface area contributed by atoms with Crippen molar-refractivity contribution in [3.05, 3.63) is 34.6 Å². The summed E-state index contributed by atoms with van der Waals surface area (Å²) in [7, 11) is 0. The molecule has 0 heterocycles. The number of rotatable bonds is 2. The van der Waals surface area contributed by atoms with Gasteiger partial charge in [-0.2, -0.15) is 0 Å². The van der Waals surface area contributed by atoms with E-state index in [1.807, 2.05) is 0 Å². The summed E-state index contributed by atoms with van der Waals surface area (Å²) >= 11 is 5.85. The van der Waals surface area contributed by atoms with Crippen LogP contribution in [0.25, 0.3) is 0 Å². The Hall–Kier alpha value is -1.09. The Morgan fingerprint density at radius 1 is 1.35 bits per heavy atom. The number of carboxylic acid groups (broad SMARTS) is 1. The fourth-order valence-corrected chi connectivity index (χ4v) is 2.78. The van der Waals surface area contributed by atoms with E-state index in [2.05, 4.69) is 0 Å². The van der Waals surface area contributed by atoms with Crippen LogP contribution < -0.4 is 0 Å². The lowest BCUT2D eigenvalue weighted by Gasteiger charge is -2.29. The molecular weight excluding hydrogens is 243 g/mol. The molecule has 1 fully saturated rings. The SMILES string of the molecule is O=C(O)C1CCCCC1c1cc(Cl)ccc1F. The van der Waals surface area contributed by atoms with E-state index >= 15 is 0 Å². The summed E-state index contributed by atoms with van der Waals surface area (Å²) in [5, 5.41) is 9.63. The van der Waals surface area contributed by atoms with Gasteiger partial charge in [0.1, 0.15) is 5.82 Å². The number of carboxylic acids is 1. The molecule has 2 unspecified atom stereocenters. The first kappa shape index (κ1) is 12.4. The highest BCUT2D eigenvalue weighted by Gasteiger charge is 2.33. The van der Waals surface area contributed by atoms with Crippen LogP contribution in [0.5, 0.6) is 0 Å². The topological polar surface area (TPSA) is 37.3 Å². The zero-order valence-corrected chi connectivity index (χ0v) is 10.1. The predicted octanol–water partition coefficient (Wildman–Crippen LogP) is 3.84. The lowest BCUT2D eigenvalue weighted by molar-refractivity contribution is -0.143. The third-order valence-electron chi connectivity index (χ3n) is 3.44. The average molecular weight is 257 g/mol. The minimum Gasteiger partial charge on any atom is -0.481 e. The first-order valence-electron chi connectivity index (χ1n) is 5.77. The van der Waals surface area contributed by atoms with Crippen LogP contribution in [0.1, 0.15) is 37.2 Å². The number of hydrogen-bond donors (Lipinski definition) is 1. The minimum atomic E-state index is -0.839. The molecule has 0 amide bonds. The number of halogens is 2. The van der Waals surface area contributed by atoms with E-state index in [-0.39, 0.29) is 11.7 Å². The summed E-state index contributed by atoms with van der Waals surface area (Å²) in [5.74, 6) is -1.93. The number of aliphatic carboxylic acids is 1. The van der Waals surface area contributed by atoms with Crippen LogP contribution >= 0.6 is 11.6 Å². The molecule has 1 N–H and O–H groups in total. The molecule has 1 aromatic carbocycles. The predicted molar refractivity (Wildman–Crippen MR) is 63.7 cm³/mol. The quantitative estimate of drug-likeness (QED) is 0.873. The molecule has 1 saturated carbocycles. The summed E-state index contributed by atoms with van der Waals surface area (Å²) in [4.78, 5) is 11.2. The summed E-state index contributed by atoms with van der Waals surface area (Å²) < 4.78 is 13.7. The molecule has 0 bridgehead atoms. The molecule has 0 aromatic heterocycles. The monoisotopic (exact) mass is 256 g/mol. The lowest BCUT2D eigenvalue weighted by atomic mass is 9.75. The normalized spacial score (nSPS) is 24.6. The van der Waals surface area contributed by atoms with Gasteiger partial charge in [0.2, 0.25) is 0 Å². The highest BCUT2D eigenvalue weighted by Crippen LogP contribution is 2.39. The molecule has 0 aliphatic heterocycles. The van der Waals surface area contributed by atoms with Gasteiger partial charge in [0.15, 0.2) is 0 Å². The van der Waals surface area contributed by atoms with Gasteiger partial charge in [0.25, 0.3) is 0 Å². The van der Waals surface area contributed by atoms with Crippen LogP contribution in [0.2, 0.25) is 5.02 Å². The average Bonchev–Trinajstić information content (AvgIpc) is 2.32. The summed E-state index contributed by atoms with van der Waals surface area (Å²) in [5.41, 5.74) is 0.449. The third kappa shape index (κ3) is 2.60. The molecule has 1 aliphatic carbocycles. The first-order chi connectivity index (χ1) is 8.09. The Kier molecular flexibility index (Phi) is 3.67. The fraction of sp³-hybridized carbons (Fsp3) is 0.462. The summed E-state index contributed by atoms with van der Waals surface area (Å²) in [6, 6.07) is 4.35. The van der Waals surface area contributed by atoms with Crippen molar-refractivity contribution in [1.82, 2.24) is 0 Å². The van der Waals surface area contributed by atoms with Crippen molar-refractivity contribution >= 4 is 17.6 Å². The second-order valence-corrected chi connectivity index (χ2v) is 4.94. The molecule has 1 aliphatic rings. The van der Waals surface area contributed by atoms with Gasteiger partial charge in [-0.3, -0.25) is 4.79 Å². The van der Waals surface area contributed by atoms with Crippen molar-refractivity contribution in [2.75, 3.05) is 0 Å². The molecule has 1 aromatic rings. The Morgan fingerprint density at radius 3 is 2.76 bits per heavy atom. The Bertz CT molecular complexity index is 433. The third-order valence-corrected chi connectivity index (χ3v) is 3.68. The van der Waals surface area contributed by atoms with Crippen molar-refractivity contribution < 1.29 is 14.3 Å². The maximum absolute atomic E-state index is 13.7. The highest BCUT2D eigenvalue weighted by atomic mass is 35.5. The van der Waals surface area contributed by atoms with E-state index in [9.17, 15) is 14.3 Å². The van der Waals surface area contributed by atoms with Crippen molar-refractivity contribution in [3.63, 3.8) is 0 Å². The number of carbonyl (C=O) groups is 1. The maximum Gasteiger partial charge on any atom is 0.307 e. The van der Waals surface area contributed by atoms with Crippen molar-refractivity contribution in [2.45, 2.75) is 31.6 Å². The molecular formula is C13H14ClFO2. The van der Waals surface area contributed by atoms with Gasteiger partial charge >= 0.3 is 5.97 Å². The molecule has 2 rings (SSSR count). The summed E-state index contributed by atoms with van der Waals surface area (Å²) in [6.07, 6.45) is 3.18. The van der Waals surface area contributed by atoms with Crippen molar-refractivity contribution in [2.24, 2.45) is 5.92 Å². The Balaban J connectivity index is 2.35. The molecule has 92 valence electrons. The van der Waals surface area contributed by atoms with Gasteiger partial charge in [-0.25, -0.2) is 4.39 Å². The maximum atomic E-state index is 13.7. The molecule has 4 heteroatoms. The van der Waals surface area contributed by atoms with E-state index in [4.69, 9.17) is 11.6 Å². The van der Waals surface area contributed by atoms with Gasteiger partial charge in [-0.05, 0) is 36.6 Å². The zero-order chi connectivity index (χ0) is 12.4. The fourth-order valence-electron chi connectivity index (χ4n) is 2.60. The summed E-state index contributed by atoms with van der Waals surface area (Å²) in [6.45, 7) is 0. The van der Waals surface area contributed by atoms with E-state index in [1.165, 1.54) is 12.1 Å². The Labute approximate surface area is 104 Å². The van der Waals surface area contributed by atoms with Crippen LogP contribution in [0.3, 0.4) is 0 Å². The second-order valence-electron chi connectivity index (χ2n) is 4.50. The Morgan fingerprint density at radius 2 is 2.06 bits per heavy atom. The van der Waals surface area contributed by atoms with Crippen LogP contribution in [0.15, 0.2) is 18.2 Å². The standard InChI is InChI=1S/C13H14ClFO2/c14-8-5-6-12(15)11(7-8)9-3-1-2-4-10(9)13(16)17/h5-7,9-10H,1-4H2,(H,16,17). The zero-order valence-electron chi connectivity index (χ0n) is 9.33. The first-order valence-corrected chi connectivity index (χ1v) is 6.15. The van der Waals surface area contributed by atoms with Crippen LogP contribution in [0.4, 0.5) is 4.39 Å². The highest BCUT2D eigenvalue weighted by molar-refractivity contribution is 6.30. The molecule has 2 atom stereocenters. The van der Waals surface area contributed by atoms with Crippen LogP contribution in [-0.2, 0) is 4.79 Å². The van der Waals surface area contributed by atoms with E-state index in [1.54, 1.807) is 6.07 Å². The van der Waals surface area contributed by atoms with E-state index < -0.39 is 11.9 Å². The second kappa shape index (κ2) is 5.05. The van der Waals surface area contributed by atoms with Gasteiger partial charge in [0, 0.05) is 10.9 Å². The molecule has 0 radical (unpaired) electrons. The van der Waals surface area contributed by atoms with E-state index in [0.29, 0.717) is 23.4 Å². The van der Waals surface area contributed by atoms with Gasteiger partial charge < -0.3 is 5.11 Å². The number of hydrogen-bond acceptors (Lipinski definition) is 1. The number of benzene rings is 1. The van der Waals surface area contributed by atoms with Crippen molar-refractivity contribution in [1.29, 1.82) is 0 Å². The van der Waals surface area contributed by atoms with Gasteiger partial charge in [-0.1, -0.05) is 24.4 Å². The smallest absolute Gasteiger partial charge is 0.307 e. The minimum absolute atomic E-state index is 0.250. The molecule has 0 spiro atoms. The lowest BCUT2D eigenvalue weighted by Crippen LogP contribution is -2.26. The molecule has 17 heavy (non-hydrogen) atoms. The van der Waals surface area contributed by atoms with Crippen LogP contribution in [-0.4, -0.2) is 11.1 Å². The van der Waals surface area contributed by atoms with E-state index in [0.717, 1.165) is 12.8 Å². The van der Waals surface area contributed by atoms with Gasteiger partial charge in [-0.15, -0.1) is 0 Å². The van der Waals surface area contributed by atoms with Crippen molar-refractivity contribution in [3.8, 4) is 0 Å². The largest absolute Gasteiger partial charge is 0.481 e. The molecule has 2 nitrogen and oxygen atoms in total.